The molecule has 0 unspecified atom stereocenters. The molecular weight excluding hydrogens is 248 g/mol. The maximum atomic E-state index is 11.1. The fourth-order valence-corrected chi connectivity index (χ4v) is 2.10. The second-order valence-corrected chi connectivity index (χ2v) is 6.24. The normalized spacial score (nSPS) is 12.1. The summed E-state index contributed by atoms with van der Waals surface area (Å²) in [5, 5.41) is 0.418. The van der Waals surface area contributed by atoms with Gasteiger partial charge in [0.05, 0.1) is 23.0 Å². The summed E-state index contributed by atoms with van der Waals surface area (Å²) in [6.07, 6.45) is 4.16. The van der Waals surface area contributed by atoms with Crippen LogP contribution in [-0.2, 0) is 16.4 Å². The number of fused-ring (bicyclic) bond motifs is 1. The van der Waals surface area contributed by atoms with E-state index in [0.29, 0.717) is 11.7 Å². The smallest absolute Gasteiger partial charge is 0.149 e. The molecule has 6 heteroatoms. The van der Waals surface area contributed by atoms with E-state index in [4.69, 9.17) is 11.6 Å². The molecule has 2 aromatic rings. The third-order valence-corrected chi connectivity index (χ3v) is 3.34. The summed E-state index contributed by atoms with van der Waals surface area (Å²) in [7, 11) is -2.96. The number of aromatic nitrogens is 2. The number of sulfone groups is 1. The van der Waals surface area contributed by atoms with Crippen molar-refractivity contribution in [1.82, 2.24) is 9.55 Å². The third-order valence-electron chi connectivity index (χ3n) is 2.20. The van der Waals surface area contributed by atoms with Gasteiger partial charge in [-0.1, -0.05) is 11.6 Å². The van der Waals surface area contributed by atoms with Crippen molar-refractivity contribution >= 4 is 32.5 Å². The van der Waals surface area contributed by atoms with E-state index in [9.17, 15) is 8.42 Å². The van der Waals surface area contributed by atoms with Crippen LogP contribution >= 0.6 is 11.6 Å². The number of nitrogens with zero attached hydrogens (tertiary/aromatic N) is 2. The Balaban J connectivity index is 2.32. The van der Waals surface area contributed by atoms with Crippen molar-refractivity contribution in [2.45, 2.75) is 6.54 Å². The molecule has 0 N–H and O–H groups in total. The molecule has 0 amide bonds. The van der Waals surface area contributed by atoms with E-state index in [-0.39, 0.29) is 5.75 Å². The molecule has 0 fully saturated rings. The van der Waals surface area contributed by atoms with E-state index in [0.717, 1.165) is 11.0 Å². The Hall–Kier alpha value is -1.07. The van der Waals surface area contributed by atoms with Gasteiger partial charge in [0.25, 0.3) is 0 Å². The number of halogens is 1. The van der Waals surface area contributed by atoms with Gasteiger partial charge < -0.3 is 4.57 Å². The van der Waals surface area contributed by atoms with E-state index >= 15 is 0 Å². The van der Waals surface area contributed by atoms with Gasteiger partial charge in [-0.2, -0.15) is 0 Å². The predicted octanol–water partition coefficient (Wildman–Crippen LogP) is 1.53. The minimum Gasteiger partial charge on any atom is -0.337 e. The van der Waals surface area contributed by atoms with Gasteiger partial charge in [0.1, 0.15) is 15.0 Å². The first-order valence-corrected chi connectivity index (χ1v) is 7.11. The molecule has 85 valence electrons. The topological polar surface area (TPSA) is 52.0 Å². The van der Waals surface area contributed by atoms with E-state index in [2.05, 4.69) is 11.2 Å². The van der Waals surface area contributed by atoms with Crippen molar-refractivity contribution in [3.63, 3.8) is 0 Å². The van der Waals surface area contributed by atoms with Gasteiger partial charge in [0.15, 0.2) is 0 Å². The van der Waals surface area contributed by atoms with Gasteiger partial charge >= 0.3 is 0 Å². The van der Waals surface area contributed by atoms with Crippen molar-refractivity contribution in [2.75, 3.05) is 12.0 Å². The molecule has 0 aromatic carbocycles. The van der Waals surface area contributed by atoms with Crippen LogP contribution in [0.15, 0.2) is 18.2 Å². The zero-order chi connectivity index (χ0) is 11.8. The standard InChI is InChI=1S/C10H10ClN2O2S/c1-16(14,15)7-6-13-5-4-8-9(13)2-3-10(11)12-8/h2-4H,6-7H2,1H3. The molecule has 0 saturated carbocycles. The molecule has 1 radical (unpaired) electrons. The number of pyridine rings is 1. The summed E-state index contributed by atoms with van der Waals surface area (Å²) >= 11 is 5.75. The molecule has 0 saturated heterocycles. The van der Waals surface area contributed by atoms with Gasteiger partial charge in [0.2, 0.25) is 0 Å². The molecule has 0 spiro atoms. The van der Waals surface area contributed by atoms with Crippen molar-refractivity contribution in [3.8, 4) is 0 Å². The van der Waals surface area contributed by atoms with Crippen LogP contribution in [0.5, 0.6) is 0 Å². The van der Waals surface area contributed by atoms with Crippen LogP contribution in [0.1, 0.15) is 0 Å². The fourth-order valence-electron chi connectivity index (χ4n) is 1.43. The summed E-state index contributed by atoms with van der Waals surface area (Å²) in [4.78, 5) is 4.10. The molecule has 0 bridgehead atoms. The Morgan fingerprint density at radius 2 is 2.25 bits per heavy atom. The summed E-state index contributed by atoms with van der Waals surface area (Å²) in [5.41, 5.74) is 1.56. The molecule has 2 rings (SSSR count). The van der Waals surface area contributed by atoms with Crippen molar-refractivity contribution in [3.05, 3.63) is 29.5 Å². The van der Waals surface area contributed by atoms with Crippen molar-refractivity contribution in [2.24, 2.45) is 0 Å². The summed E-state index contributed by atoms with van der Waals surface area (Å²) < 4.78 is 23.8. The van der Waals surface area contributed by atoms with E-state index in [1.807, 2.05) is 6.07 Å². The highest BCUT2D eigenvalue weighted by atomic mass is 35.5. The number of hydrogen-bond donors (Lipinski definition) is 0. The Morgan fingerprint density at radius 1 is 1.50 bits per heavy atom. The third kappa shape index (κ3) is 2.54. The van der Waals surface area contributed by atoms with E-state index in [1.54, 1.807) is 16.7 Å². The number of hydrogen-bond acceptors (Lipinski definition) is 3. The second-order valence-electron chi connectivity index (χ2n) is 3.59. The minimum absolute atomic E-state index is 0.0932. The molecule has 0 aliphatic carbocycles. The number of aryl methyl sites for hydroxylation is 1. The van der Waals surface area contributed by atoms with Crippen molar-refractivity contribution < 1.29 is 8.42 Å². The van der Waals surface area contributed by atoms with Crippen LogP contribution in [0.4, 0.5) is 0 Å². The summed E-state index contributed by atoms with van der Waals surface area (Å²) in [6.45, 7) is 0.381. The first-order valence-electron chi connectivity index (χ1n) is 4.67. The largest absolute Gasteiger partial charge is 0.337 e. The van der Waals surface area contributed by atoms with Crippen LogP contribution in [0.25, 0.3) is 11.0 Å². The Kier molecular flexibility index (Phi) is 2.90. The molecule has 0 aliphatic rings. The quantitative estimate of drug-likeness (QED) is 0.784. The maximum Gasteiger partial charge on any atom is 0.149 e. The molecule has 16 heavy (non-hydrogen) atoms. The van der Waals surface area contributed by atoms with Crippen LogP contribution in [-0.4, -0.2) is 30.0 Å². The maximum absolute atomic E-state index is 11.1. The lowest BCUT2D eigenvalue weighted by atomic mass is 10.4. The SMILES string of the molecule is CS(=O)(=O)CCn1[c]cc2nc(Cl)ccc21. The highest BCUT2D eigenvalue weighted by molar-refractivity contribution is 7.90. The van der Waals surface area contributed by atoms with Gasteiger partial charge in [-0.05, 0) is 18.2 Å². The Bertz CT molecular complexity index is 619. The van der Waals surface area contributed by atoms with Gasteiger partial charge in [0, 0.05) is 12.8 Å². The molecule has 0 aliphatic heterocycles. The van der Waals surface area contributed by atoms with E-state index < -0.39 is 9.84 Å². The second kappa shape index (κ2) is 4.07. The van der Waals surface area contributed by atoms with E-state index in [1.165, 1.54) is 6.26 Å². The Morgan fingerprint density at radius 3 is 2.94 bits per heavy atom. The highest BCUT2D eigenvalue weighted by Crippen LogP contribution is 2.16. The van der Waals surface area contributed by atoms with Gasteiger partial charge in [-0.3, -0.25) is 0 Å². The summed E-state index contributed by atoms with van der Waals surface area (Å²) in [5.74, 6) is 0.0932. The van der Waals surface area contributed by atoms with Crippen LogP contribution in [0, 0.1) is 6.20 Å². The molecule has 0 atom stereocenters. The number of rotatable bonds is 3. The first kappa shape index (κ1) is 11.4. The highest BCUT2D eigenvalue weighted by Gasteiger charge is 2.06. The summed E-state index contributed by atoms with van der Waals surface area (Å²) in [6, 6.07) is 5.18. The zero-order valence-electron chi connectivity index (χ0n) is 8.64. The average molecular weight is 258 g/mol. The zero-order valence-corrected chi connectivity index (χ0v) is 10.2. The van der Waals surface area contributed by atoms with Gasteiger partial charge in [-0.15, -0.1) is 0 Å². The molecular formula is C10H10ClN2O2S. The monoisotopic (exact) mass is 257 g/mol. The van der Waals surface area contributed by atoms with Crippen molar-refractivity contribution in [1.29, 1.82) is 0 Å². The minimum atomic E-state index is -2.96. The molecule has 4 nitrogen and oxygen atoms in total. The lowest BCUT2D eigenvalue weighted by molar-refractivity contribution is 0.595. The van der Waals surface area contributed by atoms with Crippen LogP contribution in [0.3, 0.4) is 0 Å². The van der Waals surface area contributed by atoms with Gasteiger partial charge in [-0.25, -0.2) is 13.4 Å². The lowest BCUT2D eigenvalue weighted by Crippen LogP contribution is -2.10. The fraction of sp³-hybridized carbons (Fsp3) is 0.300. The van der Waals surface area contributed by atoms with Crippen LogP contribution < -0.4 is 0 Å². The first-order chi connectivity index (χ1) is 7.46. The Labute approximate surface area is 98.8 Å². The lowest BCUT2D eigenvalue weighted by Gasteiger charge is -2.03. The average Bonchev–Trinajstić information content (AvgIpc) is 2.56. The molecule has 2 aromatic heterocycles. The predicted molar refractivity (Wildman–Crippen MR) is 63.3 cm³/mol. The van der Waals surface area contributed by atoms with Crippen LogP contribution in [0.2, 0.25) is 5.15 Å². The molecule has 2 heterocycles.